The van der Waals surface area contributed by atoms with Crippen molar-refractivity contribution in [3.05, 3.63) is 95.6 Å². The second-order valence-electron chi connectivity index (χ2n) is 11.4. The van der Waals surface area contributed by atoms with Gasteiger partial charge in [-0.25, -0.2) is 14.4 Å². The number of aliphatic carboxylic acids is 1. The number of carboxylic acids is 1. The third kappa shape index (κ3) is 5.13. The molecule has 1 aliphatic carbocycles. The minimum absolute atomic E-state index is 0.0429. The predicted molar refractivity (Wildman–Crippen MR) is 150 cm³/mol. The third-order valence-corrected chi connectivity index (χ3v) is 7.69. The maximum Gasteiger partial charge on any atom is 0.410 e. The van der Waals surface area contributed by atoms with Crippen molar-refractivity contribution in [1.82, 2.24) is 10.2 Å². The molecular formula is C32H34N2O6. The number of rotatable bonds is 7. The monoisotopic (exact) mass is 542 g/mol. The number of nitrogens with zero attached hydrogens (tertiary/aromatic N) is 1. The van der Waals surface area contributed by atoms with E-state index < -0.39 is 35.2 Å². The van der Waals surface area contributed by atoms with Crippen molar-refractivity contribution in [3.8, 4) is 11.1 Å². The van der Waals surface area contributed by atoms with Crippen molar-refractivity contribution in [3.63, 3.8) is 0 Å². The molecule has 2 amide bonds. The van der Waals surface area contributed by atoms with Crippen molar-refractivity contribution in [2.24, 2.45) is 5.92 Å². The van der Waals surface area contributed by atoms with Crippen LogP contribution in [-0.4, -0.2) is 59.0 Å². The van der Waals surface area contributed by atoms with Crippen molar-refractivity contribution >= 4 is 18.2 Å². The number of fused-ring (bicyclic) bond motifs is 3. The standard InChI is InChI=1S/C32H34N2O6/c1-31(2,3)40-29(37)33-18-22-19-34(32(22,28(35)36)17-21-11-5-4-6-12-21)30(38)39-20-27-25-15-9-7-13-23(25)24-14-8-10-16-26(24)27/h4-16,22,27H,17-20H2,1-3H3,(H,33,37)(H,35,36)/t22?,32-/m0/s1. The van der Waals surface area contributed by atoms with E-state index in [1.165, 1.54) is 4.90 Å². The van der Waals surface area contributed by atoms with E-state index in [0.717, 1.165) is 27.8 Å². The second-order valence-corrected chi connectivity index (χ2v) is 11.4. The molecule has 2 atom stereocenters. The van der Waals surface area contributed by atoms with Gasteiger partial charge in [0.15, 0.2) is 5.54 Å². The lowest BCUT2D eigenvalue weighted by atomic mass is 9.70. The van der Waals surface area contributed by atoms with Gasteiger partial charge in [-0.2, -0.15) is 0 Å². The molecule has 3 aromatic rings. The van der Waals surface area contributed by atoms with Gasteiger partial charge in [-0.3, -0.25) is 4.90 Å². The number of carbonyl (C=O) groups excluding carboxylic acids is 2. The van der Waals surface area contributed by atoms with Crippen LogP contribution in [0.5, 0.6) is 0 Å². The fourth-order valence-electron chi connectivity index (χ4n) is 5.82. The largest absolute Gasteiger partial charge is 0.479 e. The zero-order chi connectivity index (χ0) is 28.5. The molecule has 2 N–H and O–H groups in total. The average molecular weight is 543 g/mol. The molecule has 208 valence electrons. The summed E-state index contributed by atoms with van der Waals surface area (Å²) in [5.41, 5.74) is 2.87. The van der Waals surface area contributed by atoms with Gasteiger partial charge in [0.25, 0.3) is 0 Å². The number of alkyl carbamates (subject to hydrolysis) is 1. The Labute approximate surface area is 233 Å². The molecular weight excluding hydrogens is 508 g/mol. The number of nitrogens with one attached hydrogen (secondary N) is 1. The zero-order valence-electron chi connectivity index (χ0n) is 22.9. The Morgan fingerprint density at radius 1 is 0.925 bits per heavy atom. The molecule has 1 heterocycles. The molecule has 0 radical (unpaired) electrons. The number of carboxylic acid groups (broad SMARTS) is 1. The van der Waals surface area contributed by atoms with Gasteiger partial charge < -0.3 is 19.9 Å². The summed E-state index contributed by atoms with van der Waals surface area (Å²) in [5.74, 6) is -1.83. The Kier molecular flexibility index (Phi) is 7.27. The van der Waals surface area contributed by atoms with E-state index in [0.29, 0.717) is 0 Å². The van der Waals surface area contributed by atoms with E-state index in [9.17, 15) is 19.5 Å². The minimum Gasteiger partial charge on any atom is -0.479 e. The first kappa shape index (κ1) is 27.2. The first-order valence-corrected chi connectivity index (χ1v) is 13.5. The van der Waals surface area contributed by atoms with Crippen molar-refractivity contribution < 1.29 is 29.0 Å². The smallest absolute Gasteiger partial charge is 0.410 e. The molecule has 2 aliphatic rings. The molecule has 3 aromatic carbocycles. The molecule has 1 aliphatic heterocycles. The highest BCUT2D eigenvalue weighted by atomic mass is 16.6. The van der Waals surface area contributed by atoms with Crippen LogP contribution in [-0.2, 0) is 20.7 Å². The van der Waals surface area contributed by atoms with E-state index in [4.69, 9.17) is 9.47 Å². The van der Waals surface area contributed by atoms with Crippen LogP contribution in [0, 0.1) is 5.92 Å². The number of hydrogen-bond acceptors (Lipinski definition) is 5. The Bertz CT molecular complexity index is 1370. The molecule has 1 unspecified atom stereocenters. The first-order valence-electron chi connectivity index (χ1n) is 13.5. The third-order valence-electron chi connectivity index (χ3n) is 7.69. The topological polar surface area (TPSA) is 105 Å². The Morgan fingerprint density at radius 2 is 1.50 bits per heavy atom. The van der Waals surface area contributed by atoms with Crippen molar-refractivity contribution in [2.75, 3.05) is 19.7 Å². The summed E-state index contributed by atoms with van der Waals surface area (Å²) in [6.07, 6.45) is -1.24. The molecule has 8 nitrogen and oxygen atoms in total. The number of carbonyl (C=O) groups is 3. The normalized spacial score (nSPS) is 19.7. The first-order chi connectivity index (χ1) is 19.1. The lowest BCUT2D eigenvalue weighted by molar-refractivity contribution is -0.168. The number of hydrogen-bond donors (Lipinski definition) is 2. The van der Waals surface area contributed by atoms with Crippen LogP contribution in [0.4, 0.5) is 9.59 Å². The second kappa shape index (κ2) is 10.7. The average Bonchev–Trinajstić information content (AvgIpc) is 3.23. The van der Waals surface area contributed by atoms with Gasteiger partial charge in [0.05, 0.1) is 0 Å². The van der Waals surface area contributed by atoms with Crippen LogP contribution in [0.1, 0.15) is 43.4 Å². The number of benzene rings is 3. The van der Waals surface area contributed by atoms with Gasteiger partial charge in [0.2, 0.25) is 0 Å². The van der Waals surface area contributed by atoms with Gasteiger partial charge in [0, 0.05) is 31.3 Å². The van der Waals surface area contributed by atoms with Gasteiger partial charge >= 0.3 is 18.2 Å². The lowest BCUT2D eigenvalue weighted by Gasteiger charge is -2.55. The summed E-state index contributed by atoms with van der Waals surface area (Å²) < 4.78 is 11.2. The molecule has 8 heteroatoms. The van der Waals surface area contributed by atoms with E-state index in [2.05, 4.69) is 17.4 Å². The fraction of sp³-hybridized carbons (Fsp3) is 0.344. The minimum atomic E-state index is -1.58. The molecule has 5 rings (SSSR count). The highest BCUT2D eigenvalue weighted by Gasteiger charge is 2.61. The van der Waals surface area contributed by atoms with Crippen LogP contribution in [0.3, 0.4) is 0 Å². The summed E-state index contributed by atoms with van der Waals surface area (Å²) in [4.78, 5) is 40.0. The molecule has 40 heavy (non-hydrogen) atoms. The van der Waals surface area contributed by atoms with Gasteiger partial charge in [-0.15, -0.1) is 0 Å². The summed E-state index contributed by atoms with van der Waals surface area (Å²) in [7, 11) is 0. The van der Waals surface area contributed by atoms with Gasteiger partial charge in [-0.1, -0.05) is 78.9 Å². The van der Waals surface area contributed by atoms with E-state index in [-0.39, 0.29) is 32.0 Å². The summed E-state index contributed by atoms with van der Waals surface area (Å²) in [6.45, 7) is 5.53. The molecule has 0 saturated carbocycles. The number of likely N-dealkylation sites (tertiary alicyclic amines) is 1. The highest BCUT2D eigenvalue weighted by Crippen LogP contribution is 2.45. The van der Waals surface area contributed by atoms with E-state index >= 15 is 0 Å². The maximum atomic E-state index is 13.5. The number of amides is 2. The molecule has 0 aromatic heterocycles. The van der Waals surface area contributed by atoms with Crippen LogP contribution < -0.4 is 5.32 Å². The molecule has 0 bridgehead atoms. The van der Waals surface area contributed by atoms with Crippen LogP contribution in [0.25, 0.3) is 11.1 Å². The Morgan fingerprint density at radius 3 is 2.08 bits per heavy atom. The lowest BCUT2D eigenvalue weighted by Crippen LogP contribution is -2.75. The van der Waals surface area contributed by atoms with E-state index in [1.807, 2.05) is 66.7 Å². The van der Waals surface area contributed by atoms with Gasteiger partial charge in [-0.05, 0) is 48.6 Å². The highest BCUT2D eigenvalue weighted by molar-refractivity contribution is 5.88. The van der Waals surface area contributed by atoms with Crippen molar-refractivity contribution in [2.45, 2.75) is 44.2 Å². The maximum absolute atomic E-state index is 13.5. The van der Waals surface area contributed by atoms with Crippen molar-refractivity contribution in [1.29, 1.82) is 0 Å². The van der Waals surface area contributed by atoms with Gasteiger partial charge in [0.1, 0.15) is 12.2 Å². The quantitative estimate of drug-likeness (QED) is 0.411. The molecule has 1 fully saturated rings. The summed E-state index contributed by atoms with van der Waals surface area (Å²) in [5, 5.41) is 13.2. The van der Waals surface area contributed by atoms with Crippen LogP contribution in [0.15, 0.2) is 78.9 Å². The number of ether oxygens (including phenoxy) is 2. The zero-order valence-corrected chi connectivity index (χ0v) is 22.9. The SMILES string of the molecule is CC(C)(C)OC(=O)NCC1CN(C(=O)OCC2c3ccccc3-c3ccccc32)[C@]1(Cc1ccccc1)C(=O)O. The van der Waals surface area contributed by atoms with E-state index in [1.54, 1.807) is 20.8 Å². The van der Waals surface area contributed by atoms with Crippen LogP contribution >= 0.6 is 0 Å². The summed E-state index contributed by atoms with van der Waals surface area (Å²) >= 11 is 0. The molecule has 0 spiro atoms. The fourth-order valence-corrected chi connectivity index (χ4v) is 5.82. The Balaban J connectivity index is 1.35. The Hall–Kier alpha value is -4.33. The predicted octanol–water partition coefficient (Wildman–Crippen LogP) is 5.46. The summed E-state index contributed by atoms with van der Waals surface area (Å²) in [6, 6.07) is 25.3. The van der Waals surface area contributed by atoms with Crippen LogP contribution in [0.2, 0.25) is 0 Å². The molecule has 1 saturated heterocycles.